The molecule has 1 aliphatic carbocycles. The van der Waals surface area contributed by atoms with Gasteiger partial charge in [0.05, 0.1) is 13.2 Å². The molecule has 3 aliphatic rings. The van der Waals surface area contributed by atoms with Gasteiger partial charge in [-0.2, -0.15) is 0 Å². The quantitative estimate of drug-likeness (QED) is 0.788. The van der Waals surface area contributed by atoms with Gasteiger partial charge in [0.2, 0.25) is 5.91 Å². The monoisotopic (exact) mass is 340 g/mol. The smallest absolute Gasteiger partial charge is 0.260 e. The molecule has 0 spiro atoms. The topological polar surface area (TPSA) is 49.9 Å². The van der Waals surface area contributed by atoms with Crippen LogP contribution in [0.2, 0.25) is 0 Å². The van der Waals surface area contributed by atoms with Crippen LogP contribution >= 0.6 is 0 Å². The molecule has 3 rings (SSSR count). The van der Waals surface area contributed by atoms with E-state index in [4.69, 9.17) is 4.74 Å². The Bertz CT molecular complexity index is 451. The molecule has 2 heterocycles. The first-order valence-corrected chi connectivity index (χ1v) is 9.42. The zero-order valence-corrected chi connectivity index (χ0v) is 14.5. The summed E-state index contributed by atoms with van der Waals surface area (Å²) >= 11 is 0. The number of amides is 2. The number of likely N-dealkylation sites (tertiary alicyclic amines) is 1. The lowest BCUT2D eigenvalue weighted by atomic mass is 9.91. The van der Waals surface area contributed by atoms with Crippen LogP contribution in [0.5, 0.6) is 0 Å². The van der Waals surface area contributed by atoms with Crippen molar-refractivity contribution in [2.45, 2.75) is 57.0 Å². The van der Waals surface area contributed by atoms with Gasteiger partial charge in [0.25, 0.3) is 5.91 Å². The summed E-state index contributed by atoms with van der Waals surface area (Å²) in [5.74, 6) is 0.411. The lowest BCUT2D eigenvalue weighted by Gasteiger charge is -2.39. The van der Waals surface area contributed by atoms with E-state index in [0.29, 0.717) is 51.7 Å². The average molecular weight is 340 g/mol. The molecule has 2 amide bonds. The second-order valence-corrected chi connectivity index (χ2v) is 7.44. The SMILES string of the molecule is O=C(CCC1CCCC1)N1CCC(F)(C(=O)N2CCOCC2)CC1. The molecule has 2 aliphatic heterocycles. The van der Waals surface area contributed by atoms with Gasteiger partial charge in [-0.25, -0.2) is 4.39 Å². The van der Waals surface area contributed by atoms with E-state index in [9.17, 15) is 9.59 Å². The van der Waals surface area contributed by atoms with E-state index in [-0.39, 0.29) is 18.7 Å². The Morgan fingerprint density at radius 3 is 2.25 bits per heavy atom. The van der Waals surface area contributed by atoms with Gasteiger partial charge in [-0.15, -0.1) is 0 Å². The number of hydrogen-bond donors (Lipinski definition) is 0. The highest BCUT2D eigenvalue weighted by Crippen LogP contribution is 2.31. The third-order valence-electron chi connectivity index (χ3n) is 5.83. The van der Waals surface area contributed by atoms with Gasteiger partial charge < -0.3 is 14.5 Å². The minimum atomic E-state index is -1.81. The number of ether oxygens (including phenoxy) is 1. The standard InChI is InChI=1S/C18H29FN2O3/c19-18(17(23)21-11-13-24-14-12-21)7-9-20(10-8-18)16(22)6-5-15-3-1-2-4-15/h15H,1-14H2. The first-order chi connectivity index (χ1) is 11.6. The number of carbonyl (C=O) groups is 2. The summed E-state index contributed by atoms with van der Waals surface area (Å²) < 4.78 is 20.3. The normalized spacial score (nSPS) is 25.0. The van der Waals surface area contributed by atoms with Crippen molar-refractivity contribution in [3.05, 3.63) is 0 Å². The number of rotatable bonds is 4. The molecule has 0 atom stereocenters. The first-order valence-electron chi connectivity index (χ1n) is 9.42. The van der Waals surface area contributed by atoms with Gasteiger partial charge in [-0.1, -0.05) is 25.7 Å². The fourth-order valence-corrected chi connectivity index (χ4v) is 4.16. The van der Waals surface area contributed by atoms with Crippen molar-refractivity contribution in [3.63, 3.8) is 0 Å². The third kappa shape index (κ3) is 4.08. The highest BCUT2D eigenvalue weighted by Gasteiger charge is 2.45. The Morgan fingerprint density at radius 1 is 1.00 bits per heavy atom. The number of morpholine rings is 1. The third-order valence-corrected chi connectivity index (χ3v) is 5.83. The van der Waals surface area contributed by atoms with Crippen molar-refractivity contribution in [1.29, 1.82) is 0 Å². The number of carbonyl (C=O) groups excluding carboxylic acids is 2. The Balaban J connectivity index is 1.45. The van der Waals surface area contributed by atoms with Crippen molar-refractivity contribution < 1.29 is 18.7 Å². The van der Waals surface area contributed by atoms with Crippen LogP contribution in [-0.4, -0.2) is 66.7 Å². The van der Waals surface area contributed by atoms with Crippen molar-refractivity contribution >= 4 is 11.8 Å². The second kappa shape index (κ2) is 7.81. The van der Waals surface area contributed by atoms with Crippen molar-refractivity contribution in [2.24, 2.45) is 5.92 Å². The van der Waals surface area contributed by atoms with Crippen molar-refractivity contribution in [1.82, 2.24) is 9.80 Å². The largest absolute Gasteiger partial charge is 0.378 e. The van der Waals surface area contributed by atoms with E-state index in [1.807, 2.05) is 0 Å². The number of halogens is 1. The molecule has 2 saturated heterocycles. The van der Waals surface area contributed by atoms with E-state index in [0.717, 1.165) is 6.42 Å². The molecule has 136 valence electrons. The van der Waals surface area contributed by atoms with Crippen LogP contribution in [0.25, 0.3) is 0 Å². The van der Waals surface area contributed by atoms with Crippen molar-refractivity contribution in [2.75, 3.05) is 39.4 Å². The summed E-state index contributed by atoms with van der Waals surface area (Å²) in [6.07, 6.45) is 6.85. The molecule has 1 saturated carbocycles. The maximum atomic E-state index is 15.0. The summed E-state index contributed by atoms with van der Waals surface area (Å²) in [5.41, 5.74) is -1.81. The van der Waals surface area contributed by atoms with Gasteiger partial charge >= 0.3 is 0 Å². The van der Waals surface area contributed by atoms with Crippen LogP contribution in [-0.2, 0) is 14.3 Å². The van der Waals surface area contributed by atoms with Gasteiger partial charge in [-0.05, 0) is 12.3 Å². The van der Waals surface area contributed by atoms with E-state index in [1.165, 1.54) is 25.7 Å². The minimum absolute atomic E-state index is 0.123. The molecule has 3 fully saturated rings. The zero-order chi connectivity index (χ0) is 17.0. The molecule has 0 aromatic heterocycles. The number of hydrogen-bond acceptors (Lipinski definition) is 3. The lowest BCUT2D eigenvalue weighted by molar-refractivity contribution is -0.153. The van der Waals surface area contributed by atoms with Crippen LogP contribution in [0.3, 0.4) is 0 Å². The summed E-state index contributed by atoms with van der Waals surface area (Å²) in [6.45, 7) is 2.61. The molecule has 0 unspecified atom stereocenters. The minimum Gasteiger partial charge on any atom is -0.378 e. The molecule has 0 bridgehead atoms. The number of alkyl halides is 1. The molecule has 0 aromatic carbocycles. The molecule has 5 nitrogen and oxygen atoms in total. The summed E-state index contributed by atoms with van der Waals surface area (Å²) in [4.78, 5) is 28.1. The lowest BCUT2D eigenvalue weighted by Crippen LogP contribution is -2.55. The fraction of sp³-hybridized carbons (Fsp3) is 0.889. The maximum absolute atomic E-state index is 15.0. The summed E-state index contributed by atoms with van der Waals surface area (Å²) in [7, 11) is 0. The van der Waals surface area contributed by atoms with Gasteiger partial charge in [0.1, 0.15) is 0 Å². The molecular weight excluding hydrogens is 311 g/mol. The summed E-state index contributed by atoms with van der Waals surface area (Å²) in [6, 6.07) is 0. The number of nitrogens with zero attached hydrogens (tertiary/aromatic N) is 2. The zero-order valence-electron chi connectivity index (χ0n) is 14.5. The van der Waals surface area contributed by atoms with E-state index < -0.39 is 11.6 Å². The molecule has 0 N–H and O–H groups in total. The number of piperidine rings is 1. The molecule has 0 radical (unpaired) electrons. The summed E-state index contributed by atoms with van der Waals surface area (Å²) in [5, 5.41) is 0. The van der Waals surface area contributed by atoms with Crippen LogP contribution in [0, 0.1) is 5.92 Å². The molecule has 24 heavy (non-hydrogen) atoms. The predicted molar refractivity (Wildman–Crippen MR) is 88.2 cm³/mol. The molecular formula is C18H29FN2O3. The average Bonchev–Trinajstić information content (AvgIpc) is 3.14. The van der Waals surface area contributed by atoms with Gasteiger partial charge in [0.15, 0.2) is 5.67 Å². The molecule has 0 aromatic rings. The second-order valence-electron chi connectivity index (χ2n) is 7.44. The van der Waals surface area contributed by atoms with Crippen LogP contribution in [0.1, 0.15) is 51.4 Å². The Kier molecular flexibility index (Phi) is 5.74. The van der Waals surface area contributed by atoms with Crippen molar-refractivity contribution in [3.8, 4) is 0 Å². The van der Waals surface area contributed by atoms with Gasteiger partial charge in [-0.3, -0.25) is 9.59 Å². The Morgan fingerprint density at radius 2 is 1.62 bits per heavy atom. The Hall–Kier alpha value is -1.17. The van der Waals surface area contributed by atoms with Gasteiger partial charge in [0, 0.05) is 45.4 Å². The van der Waals surface area contributed by atoms with Crippen LogP contribution in [0.4, 0.5) is 4.39 Å². The highest BCUT2D eigenvalue weighted by molar-refractivity contribution is 5.86. The van der Waals surface area contributed by atoms with Crippen LogP contribution < -0.4 is 0 Å². The first kappa shape index (κ1) is 17.6. The van der Waals surface area contributed by atoms with E-state index in [1.54, 1.807) is 9.80 Å². The molecule has 6 heteroatoms. The highest BCUT2D eigenvalue weighted by atomic mass is 19.1. The van der Waals surface area contributed by atoms with E-state index >= 15 is 4.39 Å². The Labute approximate surface area is 143 Å². The predicted octanol–water partition coefficient (Wildman–Crippen LogP) is 2.15. The fourth-order valence-electron chi connectivity index (χ4n) is 4.16. The maximum Gasteiger partial charge on any atom is 0.260 e. The van der Waals surface area contributed by atoms with Crippen LogP contribution in [0.15, 0.2) is 0 Å². The van der Waals surface area contributed by atoms with E-state index in [2.05, 4.69) is 0 Å².